The van der Waals surface area contributed by atoms with E-state index < -0.39 is 0 Å². The van der Waals surface area contributed by atoms with E-state index in [1.807, 2.05) is 6.08 Å². The molecule has 0 bridgehead atoms. The van der Waals surface area contributed by atoms with Crippen molar-refractivity contribution in [1.82, 2.24) is 0 Å². The van der Waals surface area contributed by atoms with Crippen molar-refractivity contribution in [1.29, 1.82) is 0 Å². The first-order valence-corrected chi connectivity index (χ1v) is 5.09. The van der Waals surface area contributed by atoms with Gasteiger partial charge in [-0.25, -0.2) is 0 Å². The van der Waals surface area contributed by atoms with Crippen molar-refractivity contribution < 1.29 is 4.79 Å². The average Bonchev–Trinajstić information content (AvgIpc) is 2.16. The van der Waals surface area contributed by atoms with Crippen molar-refractivity contribution in [3.63, 3.8) is 0 Å². The van der Waals surface area contributed by atoms with Crippen LogP contribution in [0.1, 0.15) is 45.4 Å². The molecule has 1 heteroatoms. The van der Waals surface area contributed by atoms with Gasteiger partial charge in [-0.3, -0.25) is 4.79 Å². The predicted octanol–water partition coefficient (Wildman–Crippen LogP) is 3.57. The molecule has 73 valence electrons. The molecule has 0 rings (SSSR count). The molecule has 1 radical (unpaired) electrons. The van der Waals surface area contributed by atoms with Crippen LogP contribution in [0.15, 0.2) is 24.3 Å². The van der Waals surface area contributed by atoms with Crippen molar-refractivity contribution in [2.75, 3.05) is 0 Å². The molecule has 0 saturated carbocycles. The average molecular weight is 179 g/mol. The Morgan fingerprint density at radius 1 is 1.00 bits per heavy atom. The Hall–Kier alpha value is -0.850. The first-order chi connectivity index (χ1) is 6.41. The van der Waals surface area contributed by atoms with E-state index in [-0.39, 0.29) is 0 Å². The zero-order valence-electron chi connectivity index (χ0n) is 8.46. The molecule has 0 aromatic rings. The smallest absolute Gasteiger partial charge is 0.225 e. The third kappa shape index (κ3) is 11.1. The fraction of sp³-hybridized carbons (Fsp3) is 0.583. The molecule has 0 fully saturated rings. The molecular weight excluding hydrogens is 160 g/mol. The molecule has 0 atom stereocenters. The molecule has 0 aliphatic carbocycles. The molecule has 0 aromatic heterocycles. The van der Waals surface area contributed by atoms with Crippen molar-refractivity contribution in [3.05, 3.63) is 24.3 Å². The zero-order valence-corrected chi connectivity index (χ0v) is 8.46. The molecule has 0 spiro atoms. The highest BCUT2D eigenvalue weighted by molar-refractivity contribution is 5.65. The lowest BCUT2D eigenvalue weighted by Crippen LogP contribution is -1.73. The maximum atomic E-state index is 9.79. The van der Waals surface area contributed by atoms with Gasteiger partial charge in [0, 0.05) is 0 Å². The van der Waals surface area contributed by atoms with Crippen molar-refractivity contribution in [2.45, 2.75) is 45.4 Å². The minimum Gasteiger partial charge on any atom is -0.286 e. The SMILES string of the molecule is CCCC=CCCCCC=C[C]=O. The summed E-state index contributed by atoms with van der Waals surface area (Å²) in [7, 11) is 0. The zero-order chi connectivity index (χ0) is 9.78. The standard InChI is InChI=1S/C12H19O/c1-2-3-4-5-6-7-8-9-10-11-12-13/h4-5,10-11H,2-3,6-9H2,1H3. The van der Waals surface area contributed by atoms with Crippen molar-refractivity contribution in [2.24, 2.45) is 0 Å². The molecule has 1 nitrogen and oxygen atoms in total. The molecule has 0 aromatic carbocycles. The quantitative estimate of drug-likeness (QED) is 0.316. The fourth-order valence-electron chi connectivity index (χ4n) is 1.06. The van der Waals surface area contributed by atoms with Gasteiger partial charge in [0.05, 0.1) is 0 Å². The third-order valence-corrected chi connectivity index (χ3v) is 1.80. The number of unbranched alkanes of at least 4 members (excludes halogenated alkanes) is 4. The Morgan fingerprint density at radius 3 is 2.23 bits per heavy atom. The largest absolute Gasteiger partial charge is 0.286 e. The van der Waals surface area contributed by atoms with Gasteiger partial charge in [0.25, 0.3) is 0 Å². The van der Waals surface area contributed by atoms with Crippen LogP contribution in [0, 0.1) is 0 Å². The second-order valence-corrected chi connectivity index (χ2v) is 3.06. The fourth-order valence-corrected chi connectivity index (χ4v) is 1.06. The van der Waals surface area contributed by atoms with Gasteiger partial charge in [-0.15, -0.1) is 0 Å². The van der Waals surface area contributed by atoms with E-state index in [1.165, 1.54) is 31.8 Å². The van der Waals surface area contributed by atoms with E-state index in [9.17, 15) is 4.79 Å². The second kappa shape index (κ2) is 11.2. The minimum absolute atomic E-state index is 0.997. The number of hydrogen-bond donors (Lipinski definition) is 0. The lowest BCUT2D eigenvalue weighted by molar-refractivity contribution is 0.564. The number of hydrogen-bond acceptors (Lipinski definition) is 1. The van der Waals surface area contributed by atoms with Gasteiger partial charge < -0.3 is 0 Å². The van der Waals surface area contributed by atoms with Crippen LogP contribution in [0.2, 0.25) is 0 Å². The van der Waals surface area contributed by atoms with Gasteiger partial charge in [-0.05, 0) is 38.2 Å². The monoisotopic (exact) mass is 179 g/mol. The molecule has 0 N–H and O–H groups in total. The summed E-state index contributed by atoms with van der Waals surface area (Å²) in [5.41, 5.74) is 0. The normalized spacial score (nSPS) is 11.5. The van der Waals surface area contributed by atoms with Crippen molar-refractivity contribution >= 4 is 6.29 Å². The first kappa shape index (κ1) is 12.2. The second-order valence-electron chi connectivity index (χ2n) is 3.06. The maximum absolute atomic E-state index is 9.79. The molecular formula is C12H19O. The lowest BCUT2D eigenvalue weighted by Gasteiger charge is -1.92. The summed E-state index contributed by atoms with van der Waals surface area (Å²) in [6.07, 6.45) is 16.5. The molecule has 0 unspecified atom stereocenters. The molecule has 0 amide bonds. The summed E-state index contributed by atoms with van der Waals surface area (Å²) < 4.78 is 0. The van der Waals surface area contributed by atoms with E-state index in [0.717, 1.165) is 12.8 Å². The van der Waals surface area contributed by atoms with Gasteiger partial charge in [0.15, 0.2) is 0 Å². The van der Waals surface area contributed by atoms with Crippen LogP contribution in [-0.2, 0) is 4.79 Å². The summed E-state index contributed by atoms with van der Waals surface area (Å²) in [5.74, 6) is 0. The predicted molar refractivity (Wildman–Crippen MR) is 57.3 cm³/mol. The number of carbonyl (C=O) groups excluding carboxylic acids is 1. The highest BCUT2D eigenvalue weighted by Crippen LogP contribution is 2.02. The molecule has 0 saturated heterocycles. The Kier molecular flexibility index (Phi) is 10.4. The number of allylic oxidation sites excluding steroid dienone is 4. The minimum atomic E-state index is 0.997. The summed E-state index contributed by atoms with van der Waals surface area (Å²) in [5, 5.41) is 0. The maximum Gasteiger partial charge on any atom is 0.225 e. The van der Waals surface area contributed by atoms with Crippen LogP contribution >= 0.6 is 0 Å². The molecule has 0 aliphatic rings. The Balaban J connectivity index is 3.07. The summed E-state index contributed by atoms with van der Waals surface area (Å²) in [6.45, 7) is 2.19. The molecule has 0 aliphatic heterocycles. The first-order valence-electron chi connectivity index (χ1n) is 5.09. The Morgan fingerprint density at radius 2 is 1.62 bits per heavy atom. The highest BCUT2D eigenvalue weighted by atomic mass is 16.1. The van der Waals surface area contributed by atoms with E-state index >= 15 is 0 Å². The van der Waals surface area contributed by atoms with E-state index in [2.05, 4.69) is 19.1 Å². The van der Waals surface area contributed by atoms with Gasteiger partial charge in [-0.1, -0.05) is 31.6 Å². The van der Waals surface area contributed by atoms with Crippen LogP contribution < -0.4 is 0 Å². The van der Waals surface area contributed by atoms with Gasteiger partial charge in [0.2, 0.25) is 6.29 Å². The molecule has 0 heterocycles. The van der Waals surface area contributed by atoms with Crippen LogP contribution in [0.3, 0.4) is 0 Å². The van der Waals surface area contributed by atoms with E-state index in [0.29, 0.717) is 0 Å². The molecule has 13 heavy (non-hydrogen) atoms. The summed E-state index contributed by atoms with van der Waals surface area (Å²) in [6, 6.07) is 0. The lowest BCUT2D eigenvalue weighted by atomic mass is 10.1. The van der Waals surface area contributed by atoms with E-state index in [1.54, 1.807) is 6.29 Å². The van der Waals surface area contributed by atoms with Crippen LogP contribution in [0.5, 0.6) is 0 Å². The number of rotatable bonds is 8. The van der Waals surface area contributed by atoms with Gasteiger partial charge >= 0.3 is 0 Å². The topological polar surface area (TPSA) is 17.1 Å². The van der Waals surface area contributed by atoms with Gasteiger partial charge in [0.1, 0.15) is 0 Å². The Bertz CT molecular complexity index is 157. The summed E-state index contributed by atoms with van der Waals surface area (Å²) >= 11 is 0. The van der Waals surface area contributed by atoms with Crippen LogP contribution in [-0.4, -0.2) is 6.29 Å². The van der Waals surface area contributed by atoms with Gasteiger partial charge in [-0.2, -0.15) is 0 Å². The van der Waals surface area contributed by atoms with Crippen LogP contribution in [0.25, 0.3) is 0 Å². The van der Waals surface area contributed by atoms with Crippen molar-refractivity contribution in [3.8, 4) is 0 Å². The highest BCUT2D eigenvalue weighted by Gasteiger charge is 1.83. The Labute approximate surface area is 81.5 Å². The van der Waals surface area contributed by atoms with Crippen LogP contribution in [0.4, 0.5) is 0 Å². The third-order valence-electron chi connectivity index (χ3n) is 1.80. The van der Waals surface area contributed by atoms with E-state index in [4.69, 9.17) is 0 Å². The summed E-state index contributed by atoms with van der Waals surface area (Å²) in [4.78, 5) is 9.79.